The molecule has 0 bridgehead atoms. The van der Waals surface area contributed by atoms with Crippen LogP contribution < -0.4 is 11.1 Å². The Hall–Kier alpha value is -0.610. The van der Waals surface area contributed by atoms with Crippen molar-refractivity contribution in [2.45, 2.75) is 51.1 Å². The molecule has 0 saturated heterocycles. The van der Waals surface area contributed by atoms with Crippen LogP contribution in [0.5, 0.6) is 0 Å². The van der Waals surface area contributed by atoms with Crippen LogP contribution in [0.4, 0.5) is 0 Å². The Morgan fingerprint density at radius 3 is 2.71 bits per heavy atom. The zero-order valence-corrected chi connectivity index (χ0v) is 11.6. The average molecular weight is 241 g/mol. The third-order valence-corrected chi connectivity index (χ3v) is 4.02. The second-order valence-corrected chi connectivity index (χ2v) is 5.83. The lowest BCUT2D eigenvalue weighted by molar-refractivity contribution is -0.122. The van der Waals surface area contributed by atoms with Crippen molar-refractivity contribution < 1.29 is 4.79 Å². The van der Waals surface area contributed by atoms with Crippen molar-refractivity contribution in [3.63, 3.8) is 0 Å². The number of carbonyl (C=O) groups excluding carboxylic acids is 1. The molecule has 1 aliphatic carbocycles. The van der Waals surface area contributed by atoms with Gasteiger partial charge < -0.3 is 16.0 Å². The summed E-state index contributed by atoms with van der Waals surface area (Å²) >= 11 is 0. The maximum absolute atomic E-state index is 11.6. The minimum atomic E-state index is -0.421. The first-order chi connectivity index (χ1) is 7.87. The lowest BCUT2D eigenvalue weighted by atomic mass is 9.75. The van der Waals surface area contributed by atoms with Gasteiger partial charge in [-0.2, -0.15) is 0 Å². The van der Waals surface area contributed by atoms with E-state index in [9.17, 15) is 4.79 Å². The molecule has 2 unspecified atom stereocenters. The number of likely N-dealkylation sites (N-methyl/N-ethyl adjacent to an activating group) is 1. The van der Waals surface area contributed by atoms with E-state index in [-0.39, 0.29) is 11.4 Å². The lowest BCUT2D eigenvalue weighted by Gasteiger charge is -2.45. The van der Waals surface area contributed by atoms with E-state index in [4.69, 9.17) is 5.73 Å². The van der Waals surface area contributed by atoms with Gasteiger partial charge in [-0.05, 0) is 39.8 Å². The van der Waals surface area contributed by atoms with Gasteiger partial charge in [0.2, 0.25) is 5.91 Å². The van der Waals surface area contributed by atoms with Gasteiger partial charge in [-0.15, -0.1) is 0 Å². The van der Waals surface area contributed by atoms with Gasteiger partial charge in [0, 0.05) is 12.1 Å². The molecule has 1 rings (SSSR count). The largest absolute Gasteiger partial charge is 0.353 e. The predicted octanol–water partition coefficient (Wildman–Crippen LogP) is 0.960. The fraction of sp³-hybridized carbons (Fsp3) is 0.923. The van der Waals surface area contributed by atoms with Crippen LogP contribution in [0, 0.1) is 5.92 Å². The van der Waals surface area contributed by atoms with Crippen molar-refractivity contribution in [3.05, 3.63) is 0 Å². The number of hydrogen-bond donors (Lipinski definition) is 2. The molecular weight excluding hydrogens is 214 g/mol. The average Bonchev–Trinajstić information content (AvgIpc) is 2.25. The smallest absolute Gasteiger partial charge is 0.236 e. The van der Waals surface area contributed by atoms with E-state index < -0.39 is 6.04 Å². The highest BCUT2D eigenvalue weighted by molar-refractivity contribution is 5.81. The summed E-state index contributed by atoms with van der Waals surface area (Å²) < 4.78 is 0. The Balaban J connectivity index is 2.62. The Labute approximate surface area is 105 Å². The van der Waals surface area contributed by atoms with Gasteiger partial charge in [0.25, 0.3) is 0 Å². The molecule has 1 saturated carbocycles. The van der Waals surface area contributed by atoms with Gasteiger partial charge in [-0.3, -0.25) is 4.79 Å². The van der Waals surface area contributed by atoms with E-state index in [0.29, 0.717) is 6.54 Å². The molecule has 1 amide bonds. The quantitative estimate of drug-likeness (QED) is 0.771. The van der Waals surface area contributed by atoms with Crippen molar-refractivity contribution >= 4 is 5.91 Å². The number of amides is 1. The Morgan fingerprint density at radius 1 is 1.59 bits per heavy atom. The molecule has 3 atom stereocenters. The number of carbonyl (C=O) groups is 1. The monoisotopic (exact) mass is 241 g/mol. The zero-order valence-electron chi connectivity index (χ0n) is 11.6. The first-order valence-electron chi connectivity index (χ1n) is 6.58. The van der Waals surface area contributed by atoms with Crippen molar-refractivity contribution in [2.75, 3.05) is 20.6 Å². The van der Waals surface area contributed by atoms with Gasteiger partial charge in [-0.25, -0.2) is 0 Å². The maximum Gasteiger partial charge on any atom is 0.236 e. The summed E-state index contributed by atoms with van der Waals surface area (Å²) in [5.74, 6) is 0.683. The summed E-state index contributed by atoms with van der Waals surface area (Å²) in [6.45, 7) is 4.73. The third-order valence-electron chi connectivity index (χ3n) is 4.02. The second kappa shape index (κ2) is 5.83. The van der Waals surface area contributed by atoms with Gasteiger partial charge in [0.15, 0.2) is 0 Å². The molecule has 0 aromatic rings. The molecule has 4 nitrogen and oxygen atoms in total. The van der Waals surface area contributed by atoms with Crippen molar-refractivity contribution in [1.29, 1.82) is 0 Å². The fourth-order valence-electron chi connectivity index (χ4n) is 2.77. The van der Waals surface area contributed by atoms with Crippen molar-refractivity contribution in [2.24, 2.45) is 11.7 Å². The molecule has 17 heavy (non-hydrogen) atoms. The maximum atomic E-state index is 11.6. The van der Waals surface area contributed by atoms with Crippen LogP contribution in [-0.2, 0) is 4.79 Å². The van der Waals surface area contributed by atoms with Crippen molar-refractivity contribution in [3.8, 4) is 0 Å². The molecule has 3 N–H and O–H groups in total. The van der Waals surface area contributed by atoms with E-state index in [1.54, 1.807) is 6.92 Å². The number of nitrogens with zero attached hydrogens (tertiary/aromatic N) is 1. The second-order valence-electron chi connectivity index (χ2n) is 5.83. The van der Waals surface area contributed by atoms with Crippen LogP contribution >= 0.6 is 0 Å². The van der Waals surface area contributed by atoms with E-state index in [2.05, 4.69) is 31.2 Å². The van der Waals surface area contributed by atoms with Gasteiger partial charge in [-0.1, -0.05) is 19.8 Å². The molecule has 0 aliphatic heterocycles. The Kier molecular flexibility index (Phi) is 4.95. The Morgan fingerprint density at radius 2 is 2.24 bits per heavy atom. The predicted molar refractivity (Wildman–Crippen MR) is 70.7 cm³/mol. The summed E-state index contributed by atoms with van der Waals surface area (Å²) in [4.78, 5) is 13.8. The molecule has 4 heteroatoms. The summed E-state index contributed by atoms with van der Waals surface area (Å²) in [5.41, 5.74) is 5.69. The van der Waals surface area contributed by atoms with Gasteiger partial charge in [0.05, 0.1) is 6.04 Å². The third kappa shape index (κ3) is 3.68. The highest BCUT2D eigenvalue weighted by Gasteiger charge is 2.37. The zero-order chi connectivity index (χ0) is 13.1. The molecule has 0 radical (unpaired) electrons. The summed E-state index contributed by atoms with van der Waals surface area (Å²) in [5, 5.41) is 2.99. The topological polar surface area (TPSA) is 58.4 Å². The highest BCUT2D eigenvalue weighted by Crippen LogP contribution is 2.35. The van der Waals surface area contributed by atoms with E-state index in [0.717, 1.165) is 18.8 Å². The molecular formula is C13H27N3O. The van der Waals surface area contributed by atoms with Gasteiger partial charge in [0.1, 0.15) is 0 Å². The molecule has 0 aromatic carbocycles. The number of nitrogens with two attached hydrogens (primary N) is 1. The van der Waals surface area contributed by atoms with Crippen LogP contribution in [0.1, 0.15) is 39.5 Å². The van der Waals surface area contributed by atoms with Crippen molar-refractivity contribution in [1.82, 2.24) is 10.2 Å². The summed E-state index contributed by atoms with van der Waals surface area (Å²) in [6, 6.07) is -0.421. The Bertz CT molecular complexity index is 265. The number of hydrogen-bond acceptors (Lipinski definition) is 3. The van der Waals surface area contributed by atoms with Crippen LogP contribution in [0.2, 0.25) is 0 Å². The molecule has 0 aromatic heterocycles. The lowest BCUT2D eigenvalue weighted by Crippen LogP contribution is -2.56. The molecule has 100 valence electrons. The summed E-state index contributed by atoms with van der Waals surface area (Å²) in [7, 11) is 4.21. The van der Waals surface area contributed by atoms with Crippen LogP contribution in [0.3, 0.4) is 0 Å². The minimum Gasteiger partial charge on any atom is -0.353 e. The van der Waals surface area contributed by atoms with Crippen LogP contribution in [0.25, 0.3) is 0 Å². The molecule has 1 aliphatic rings. The molecule has 0 spiro atoms. The normalized spacial score (nSPS) is 31.3. The van der Waals surface area contributed by atoms with Crippen LogP contribution in [0.15, 0.2) is 0 Å². The number of rotatable bonds is 4. The standard InChI is InChI=1S/C13H27N3O/c1-10-6-5-7-13(8-10,16(3)4)9-15-12(17)11(2)14/h10-11H,5-9,14H2,1-4H3,(H,15,17)/t10?,11-,13?/m1/s1. The first-order valence-corrected chi connectivity index (χ1v) is 6.58. The number of nitrogens with one attached hydrogen (secondary N) is 1. The summed E-state index contributed by atoms with van der Waals surface area (Å²) in [6.07, 6.45) is 4.85. The minimum absolute atomic E-state index is 0.0514. The van der Waals surface area contributed by atoms with E-state index in [1.807, 2.05) is 0 Å². The van der Waals surface area contributed by atoms with E-state index in [1.165, 1.54) is 12.8 Å². The first kappa shape index (κ1) is 14.5. The van der Waals surface area contributed by atoms with Gasteiger partial charge >= 0.3 is 0 Å². The van der Waals surface area contributed by atoms with Crippen LogP contribution in [-0.4, -0.2) is 43.0 Å². The molecule has 1 fully saturated rings. The molecule has 0 heterocycles. The highest BCUT2D eigenvalue weighted by atomic mass is 16.2. The van der Waals surface area contributed by atoms with E-state index >= 15 is 0 Å². The SMILES string of the molecule is CC1CCCC(CNC(=O)[C@@H](C)N)(N(C)C)C1. The fourth-order valence-corrected chi connectivity index (χ4v) is 2.77.